The van der Waals surface area contributed by atoms with Crippen molar-refractivity contribution in [1.82, 2.24) is 10.2 Å². The van der Waals surface area contributed by atoms with Crippen LogP contribution >= 0.6 is 0 Å². The monoisotopic (exact) mass is 374 g/mol. The van der Waals surface area contributed by atoms with Gasteiger partial charge in [0.1, 0.15) is 11.5 Å². The lowest BCUT2D eigenvalue weighted by Crippen LogP contribution is -2.41. The third-order valence-electron chi connectivity index (χ3n) is 5.51. The number of benzene rings is 1. The number of nitrogens with zero attached hydrogens (tertiary/aromatic N) is 1. The van der Waals surface area contributed by atoms with Crippen LogP contribution in [-0.4, -0.2) is 44.0 Å². The number of hydrogen-bond acceptors (Lipinski definition) is 4. The maximum Gasteiger partial charge on any atom is 0.225 e. The number of hydrogen-bond donors (Lipinski definition) is 1. The molecule has 6 heteroatoms. The van der Waals surface area contributed by atoms with E-state index in [9.17, 15) is 9.59 Å². The van der Waals surface area contributed by atoms with Gasteiger partial charge in [-0.15, -0.1) is 0 Å². The van der Waals surface area contributed by atoms with Gasteiger partial charge in [0.05, 0.1) is 14.2 Å². The molecule has 1 aliphatic carbocycles. The SMILES string of the molecule is COc1ccc(CNC(=O)CCC2CCCN(C(=O)C3CC3)C2)c(OC)c1. The second-order valence-corrected chi connectivity index (χ2v) is 7.56. The summed E-state index contributed by atoms with van der Waals surface area (Å²) in [4.78, 5) is 26.5. The maximum absolute atomic E-state index is 12.3. The van der Waals surface area contributed by atoms with Crippen LogP contribution in [0, 0.1) is 11.8 Å². The molecule has 2 fully saturated rings. The van der Waals surface area contributed by atoms with Crippen molar-refractivity contribution >= 4 is 11.8 Å². The number of methoxy groups -OCH3 is 2. The van der Waals surface area contributed by atoms with Crippen LogP contribution in [0.25, 0.3) is 0 Å². The number of piperidine rings is 1. The number of likely N-dealkylation sites (tertiary alicyclic amines) is 1. The van der Waals surface area contributed by atoms with Crippen molar-refractivity contribution < 1.29 is 19.1 Å². The van der Waals surface area contributed by atoms with Crippen LogP contribution in [0.15, 0.2) is 18.2 Å². The molecule has 1 aromatic rings. The fourth-order valence-electron chi connectivity index (χ4n) is 3.70. The van der Waals surface area contributed by atoms with Gasteiger partial charge >= 0.3 is 0 Å². The van der Waals surface area contributed by atoms with Gasteiger partial charge in [-0.3, -0.25) is 9.59 Å². The molecule has 6 nitrogen and oxygen atoms in total. The van der Waals surface area contributed by atoms with Crippen molar-refractivity contribution in [1.29, 1.82) is 0 Å². The first-order valence-electron chi connectivity index (χ1n) is 9.87. The summed E-state index contributed by atoms with van der Waals surface area (Å²) in [6, 6.07) is 5.58. The number of carbonyl (C=O) groups excluding carboxylic acids is 2. The van der Waals surface area contributed by atoms with Crippen molar-refractivity contribution in [3.8, 4) is 11.5 Å². The summed E-state index contributed by atoms with van der Waals surface area (Å²) in [6.07, 6.45) is 5.59. The van der Waals surface area contributed by atoms with E-state index in [1.54, 1.807) is 14.2 Å². The van der Waals surface area contributed by atoms with Gasteiger partial charge in [0.2, 0.25) is 11.8 Å². The molecule has 27 heavy (non-hydrogen) atoms. The second-order valence-electron chi connectivity index (χ2n) is 7.56. The van der Waals surface area contributed by atoms with Crippen LogP contribution in [0.2, 0.25) is 0 Å². The molecule has 1 aromatic carbocycles. The Bertz CT molecular complexity index is 672. The molecule has 0 radical (unpaired) electrons. The predicted molar refractivity (Wildman–Crippen MR) is 103 cm³/mol. The maximum atomic E-state index is 12.3. The van der Waals surface area contributed by atoms with Crippen molar-refractivity contribution in [2.24, 2.45) is 11.8 Å². The number of ether oxygens (including phenoxy) is 2. The fraction of sp³-hybridized carbons (Fsp3) is 0.619. The van der Waals surface area contributed by atoms with E-state index in [-0.39, 0.29) is 11.8 Å². The van der Waals surface area contributed by atoms with Crippen LogP contribution in [0.1, 0.15) is 44.1 Å². The Kier molecular flexibility index (Phi) is 6.58. The highest BCUT2D eigenvalue weighted by molar-refractivity contribution is 5.81. The first-order valence-corrected chi connectivity index (χ1v) is 9.87. The Labute approximate surface area is 161 Å². The molecule has 1 N–H and O–H groups in total. The fourth-order valence-corrected chi connectivity index (χ4v) is 3.70. The molecule has 1 saturated heterocycles. The van der Waals surface area contributed by atoms with Crippen LogP contribution in [0.3, 0.4) is 0 Å². The lowest BCUT2D eigenvalue weighted by molar-refractivity contribution is -0.134. The van der Waals surface area contributed by atoms with Crippen LogP contribution in [0.5, 0.6) is 11.5 Å². The Balaban J connectivity index is 1.42. The minimum Gasteiger partial charge on any atom is -0.497 e. The van der Waals surface area contributed by atoms with E-state index >= 15 is 0 Å². The van der Waals surface area contributed by atoms with E-state index in [1.165, 1.54) is 0 Å². The highest BCUT2D eigenvalue weighted by Crippen LogP contribution is 2.33. The van der Waals surface area contributed by atoms with Crippen molar-refractivity contribution in [3.63, 3.8) is 0 Å². The molecule has 2 aliphatic rings. The van der Waals surface area contributed by atoms with E-state index in [0.29, 0.717) is 30.5 Å². The van der Waals surface area contributed by atoms with Crippen molar-refractivity contribution in [3.05, 3.63) is 23.8 Å². The molecule has 148 valence electrons. The molecule has 1 atom stereocenters. The van der Waals surface area contributed by atoms with Gasteiger partial charge in [-0.1, -0.05) is 0 Å². The first kappa shape index (κ1) is 19.5. The van der Waals surface area contributed by atoms with E-state index in [1.807, 2.05) is 23.1 Å². The Morgan fingerprint density at radius 2 is 2.00 bits per heavy atom. The molecular formula is C21H30N2O4. The zero-order valence-electron chi connectivity index (χ0n) is 16.3. The van der Waals surface area contributed by atoms with Crippen LogP contribution < -0.4 is 14.8 Å². The smallest absolute Gasteiger partial charge is 0.225 e. The number of carbonyl (C=O) groups is 2. The summed E-state index contributed by atoms with van der Waals surface area (Å²) in [5.41, 5.74) is 0.922. The molecular weight excluding hydrogens is 344 g/mol. The highest BCUT2D eigenvalue weighted by Gasteiger charge is 2.35. The van der Waals surface area contributed by atoms with E-state index < -0.39 is 0 Å². The minimum absolute atomic E-state index is 0.0403. The molecule has 1 unspecified atom stereocenters. The average molecular weight is 374 g/mol. The minimum atomic E-state index is 0.0403. The van der Waals surface area contributed by atoms with Crippen LogP contribution in [0.4, 0.5) is 0 Å². The van der Waals surface area contributed by atoms with E-state index in [4.69, 9.17) is 9.47 Å². The quantitative estimate of drug-likeness (QED) is 0.760. The first-order chi connectivity index (χ1) is 13.1. The summed E-state index contributed by atoms with van der Waals surface area (Å²) in [5, 5.41) is 2.97. The Morgan fingerprint density at radius 3 is 2.70 bits per heavy atom. The number of amides is 2. The van der Waals surface area contributed by atoms with Gasteiger partial charge in [0.15, 0.2) is 0 Å². The molecule has 3 rings (SSSR count). The van der Waals surface area contributed by atoms with Gasteiger partial charge in [-0.2, -0.15) is 0 Å². The summed E-state index contributed by atoms with van der Waals surface area (Å²) in [5.74, 6) is 2.52. The van der Waals surface area contributed by atoms with Gasteiger partial charge in [0.25, 0.3) is 0 Å². The number of nitrogens with one attached hydrogen (secondary N) is 1. The van der Waals surface area contributed by atoms with Crippen molar-refractivity contribution in [2.45, 2.75) is 45.1 Å². The molecule has 0 aromatic heterocycles. The summed E-state index contributed by atoms with van der Waals surface area (Å²) >= 11 is 0. The highest BCUT2D eigenvalue weighted by atomic mass is 16.5. The van der Waals surface area contributed by atoms with E-state index in [2.05, 4.69) is 5.32 Å². The standard InChI is InChI=1S/C21H30N2O4/c1-26-18-9-8-17(19(12-18)27-2)13-22-20(24)10-5-15-4-3-11-23(14-15)21(25)16-6-7-16/h8-9,12,15-16H,3-7,10-11,13-14H2,1-2H3,(H,22,24). The molecule has 0 bridgehead atoms. The number of rotatable bonds is 8. The topological polar surface area (TPSA) is 67.9 Å². The lowest BCUT2D eigenvalue weighted by Gasteiger charge is -2.33. The normalized spacial score (nSPS) is 19.5. The molecule has 0 spiro atoms. The van der Waals surface area contributed by atoms with E-state index in [0.717, 1.165) is 56.5 Å². The predicted octanol–water partition coefficient (Wildman–Crippen LogP) is 2.75. The van der Waals surface area contributed by atoms with Crippen molar-refractivity contribution in [2.75, 3.05) is 27.3 Å². The summed E-state index contributed by atoms with van der Waals surface area (Å²) in [6.45, 7) is 2.13. The van der Waals surface area contributed by atoms with Gasteiger partial charge in [0, 0.05) is 43.6 Å². The summed E-state index contributed by atoms with van der Waals surface area (Å²) < 4.78 is 10.6. The molecule has 1 heterocycles. The molecule has 1 saturated carbocycles. The second kappa shape index (κ2) is 9.11. The summed E-state index contributed by atoms with van der Waals surface area (Å²) in [7, 11) is 3.22. The van der Waals surface area contributed by atoms with Crippen LogP contribution in [-0.2, 0) is 16.1 Å². The Hall–Kier alpha value is -2.24. The largest absolute Gasteiger partial charge is 0.497 e. The van der Waals surface area contributed by atoms with Gasteiger partial charge in [-0.05, 0) is 50.2 Å². The zero-order chi connectivity index (χ0) is 19.2. The zero-order valence-corrected chi connectivity index (χ0v) is 16.3. The van der Waals surface area contributed by atoms with Gasteiger partial charge < -0.3 is 19.7 Å². The lowest BCUT2D eigenvalue weighted by atomic mass is 9.93. The average Bonchev–Trinajstić information content (AvgIpc) is 3.55. The Morgan fingerprint density at radius 1 is 1.19 bits per heavy atom. The van der Waals surface area contributed by atoms with Gasteiger partial charge in [-0.25, -0.2) is 0 Å². The third-order valence-corrected chi connectivity index (χ3v) is 5.51. The molecule has 1 aliphatic heterocycles. The molecule has 2 amide bonds. The third kappa shape index (κ3) is 5.37.